The van der Waals surface area contributed by atoms with Crippen LogP contribution in [0.2, 0.25) is 0 Å². The minimum atomic E-state index is -0.191. The lowest BCUT2D eigenvalue weighted by molar-refractivity contribution is 0.102. The zero-order valence-electron chi connectivity index (χ0n) is 11.5. The third-order valence-electron chi connectivity index (χ3n) is 2.74. The molecule has 4 nitrogen and oxygen atoms in total. The van der Waals surface area contributed by atoms with Gasteiger partial charge in [-0.25, -0.2) is 0 Å². The van der Waals surface area contributed by atoms with E-state index in [-0.39, 0.29) is 5.91 Å². The van der Waals surface area contributed by atoms with E-state index in [0.29, 0.717) is 23.6 Å². The van der Waals surface area contributed by atoms with E-state index in [0.717, 1.165) is 11.3 Å². The number of carbonyl (C=O) groups excluding carboxylic acids is 1. The predicted molar refractivity (Wildman–Crippen MR) is 78.5 cm³/mol. The predicted octanol–water partition coefficient (Wildman–Crippen LogP) is 2.46. The number of nitrogens with one attached hydrogen (secondary N) is 1. The molecule has 1 heterocycles. The molecule has 0 saturated carbocycles. The van der Waals surface area contributed by atoms with Gasteiger partial charge in [0.15, 0.2) is 0 Å². The van der Waals surface area contributed by atoms with E-state index >= 15 is 0 Å². The van der Waals surface area contributed by atoms with Crippen molar-refractivity contribution in [1.82, 2.24) is 0 Å². The second-order valence-corrected chi connectivity index (χ2v) is 4.37. The van der Waals surface area contributed by atoms with Crippen molar-refractivity contribution >= 4 is 11.6 Å². The van der Waals surface area contributed by atoms with Gasteiger partial charge in [-0.3, -0.25) is 4.79 Å². The summed E-state index contributed by atoms with van der Waals surface area (Å²) in [5, 5.41) is 2.83. The van der Waals surface area contributed by atoms with Crippen LogP contribution in [0.1, 0.15) is 27.4 Å². The Morgan fingerprint density at radius 1 is 1.35 bits per heavy atom. The number of aryl methyl sites for hydroxylation is 2. The second kappa shape index (κ2) is 6.09. The Bertz CT molecular complexity index is 690. The van der Waals surface area contributed by atoms with E-state index in [2.05, 4.69) is 17.2 Å². The first kappa shape index (κ1) is 13.9. The summed E-state index contributed by atoms with van der Waals surface area (Å²) in [6, 6.07) is 9.05. The monoisotopic (exact) mass is 268 g/mol. The van der Waals surface area contributed by atoms with Crippen LogP contribution in [0, 0.1) is 25.7 Å². The van der Waals surface area contributed by atoms with Gasteiger partial charge in [0, 0.05) is 11.3 Å². The lowest BCUT2D eigenvalue weighted by atomic mass is 10.2. The van der Waals surface area contributed by atoms with Gasteiger partial charge in [-0.05, 0) is 38.1 Å². The summed E-state index contributed by atoms with van der Waals surface area (Å²) < 4.78 is 5.35. The van der Waals surface area contributed by atoms with Crippen LogP contribution < -0.4 is 11.1 Å². The van der Waals surface area contributed by atoms with Crippen LogP contribution in [0.15, 0.2) is 34.7 Å². The first-order chi connectivity index (χ1) is 9.60. The van der Waals surface area contributed by atoms with Crippen molar-refractivity contribution in [3.63, 3.8) is 0 Å². The molecule has 1 aromatic carbocycles. The molecule has 0 aliphatic heterocycles. The maximum atomic E-state index is 12.1. The fourth-order valence-corrected chi connectivity index (χ4v) is 1.88. The van der Waals surface area contributed by atoms with Crippen LogP contribution in [-0.2, 0) is 0 Å². The maximum Gasteiger partial charge on any atom is 0.259 e. The van der Waals surface area contributed by atoms with Crippen molar-refractivity contribution in [3.8, 4) is 11.8 Å². The summed E-state index contributed by atoms with van der Waals surface area (Å²) in [4.78, 5) is 12.1. The van der Waals surface area contributed by atoms with Crippen LogP contribution in [0.25, 0.3) is 0 Å². The van der Waals surface area contributed by atoms with E-state index in [1.807, 2.05) is 31.2 Å². The molecule has 2 aromatic rings. The molecule has 1 aromatic heterocycles. The van der Waals surface area contributed by atoms with Crippen molar-refractivity contribution < 1.29 is 9.21 Å². The molecule has 0 atom stereocenters. The van der Waals surface area contributed by atoms with Gasteiger partial charge in [0.25, 0.3) is 5.91 Å². The number of carbonyl (C=O) groups is 1. The summed E-state index contributed by atoms with van der Waals surface area (Å²) in [5.74, 6) is 6.84. The number of hydrogen-bond donors (Lipinski definition) is 2. The highest BCUT2D eigenvalue weighted by Crippen LogP contribution is 2.16. The van der Waals surface area contributed by atoms with Gasteiger partial charge in [-0.1, -0.05) is 17.9 Å². The normalized spacial score (nSPS) is 9.75. The van der Waals surface area contributed by atoms with Crippen LogP contribution in [0.4, 0.5) is 5.69 Å². The zero-order valence-corrected chi connectivity index (χ0v) is 11.5. The Morgan fingerprint density at radius 3 is 2.80 bits per heavy atom. The van der Waals surface area contributed by atoms with Gasteiger partial charge in [-0.15, -0.1) is 0 Å². The van der Waals surface area contributed by atoms with Crippen molar-refractivity contribution in [2.45, 2.75) is 13.8 Å². The third kappa shape index (κ3) is 3.28. The quantitative estimate of drug-likeness (QED) is 0.822. The number of benzene rings is 1. The molecule has 0 fully saturated rings. The highest BCUT2D eigenvalue weighted by Gasteiger charge is 2.13. The van der Waals surface area contributed by atoms with Crippen molar-refractivity contribution in [1.29, 1.82) is 0 Å². The van der Waals surface area contributed by atoms with Crippen molar-refractivity contribution in [2.75, 3.05) is 11.9 Å². The van der Waals surface area contributed by atoms with E-state index in [1.165, 1.54) is 0 Å². The van der Waals surface area contributed by atoms with Crippen molar-refractivity contribution in [3.05, 3.63) is 53.0 Å². The minimum absolute atomic E-state index is 0.191. The summed E-state index contributed by atoms with van der Waals surface area (Å²) >= 11 is 0. The standard InChI is InChI=1S/C16H16N2O2/c1-11-9-15(12(2)20-11)16(19)18-14-7-3-5-13(10-14)6-4-8-17/h3,5,7,9-10H,8,17H2,1-2H3,(H,18,19). The Hall–Kier alpha value is -2.51. The molecule has 3 N–H and O–H groups in total. The van der Waals surface area contributed by atoms with Crippen molar-refractivity contribution in [2.24, 2.45) is 5.73 Å². The molecular formula is C16H16N2O2. The van der Waals surface area contributed by atoms with Gasteiger partial charge in [0.2, 0.25) is 0 Å². The minimum Gasteiger partial charge on any atom is -0.466 e. The second-order valence-electron chi connectivity index (χ2n) is 4.37. The molecule has 0 bridgehead atoms. The fourth-order valence-electron chi connectivity index (χ4n) is 1.88. The third-order valence-corrected chi connectivity index (χ3v) is 2.74. The molecule has 0 aliphatic rings. The molecule has 0 aliphatic carbocycles. The largest absolute Gasteiger partial charge is 0.466 e. The Balaban J connectivity index is 2.17. The molecular weight excluding hydrogens is 252 g/mol. The average molecular weight is 268 g/mol. The van der Waals surface area contributed by atoms with Crippen LogP contribution in [0.5, 0.6) is 0 Å². The summed E-state index contributed by atoms with van der Waals surface area (Å²) in [7, 11) is 0. The van der Waals surface area contributed by atoms with E-state index in [9.17, 15) is 4.79 Å². The van der Waals surface area contributed by atoms with Gasteiger partial charge in [-0.2, -0.15) is 0 Å². The van der Waals surface area contributed by atoms with Crippen LogP contribution >= 0.6 is 0 Å². The van der Waals surface area contributed by atoms with Gasteiger partial charge >= 0.3 is 0 Å². The molecule has 0 radical (unpaired) electrons. The van der Waals surface area contributed by atoms with E-state index < -0.39 is 0 Å². The number of rotatable bonds is 2. The molecule has 1 amide bonds. The Morgan fingerprint density at radius 2 is 2.15 bits per heavy atom. The number of nitrogens with two attached hydrogens (primary N) is 1. The van der Waals surface area contributed by atoms with E-state index in [1.54, 1.807) is 13.0 Å². The lowest BCUT2D eigenvalue weighted by Crippen LogP contribution is -2.12. The van der Waals surface area contributed by atoms with Crippen LogP contribution in [-0.4, -0.2) is 12.5 Å². The summed E-state index contributed by atoms with van der Waals surface area (Å²) in [6.07, 6.45) is 0. The van der Waals surface area contributed by atoms with Crippen LogP contribution in [0.3, 0.4) is 0 Å². The number of hydrogen-bond acceptors (Lipinski definition) is 3. The Kier molecular flexibility index (Phi) is 4.24. The molecule has 4 heteroatoms. The Labute approximate surface area is 118 Å². The summed E-state index contributed by atoms with van der Waals surface area (Å²) in [6.45, 7) is 3.89. The smallest absolute Gasteiger partial charge is 0.259 e. The highest BCUT2D eigenvalue weighted by molar-refractivity contribution is 6.05. The van der Waals surface area contributed by atoms with E-state index in [4.69, 9.17) is 10.2 Å². The number of furan rings is 1. The first-order valence-electron chi connectivity index (χ1n) is 6.27. The van der Waals surface area contributed by atoms with Gasteiger partial charge < -0.3 is 15.5 Å². The number of anilines is 1. The zero-order chi connectivity index (χ0) is 14.5. The van der Waals surface area contributed by atoms with Gasteiger partial charge in [0.1, 0.15) is 11.5 Å². The fraction of sp³-hybridized carbons (Fsp3) is 0.188. The molecule has 0 unspecified atom stereocenters. The average Bonchev–Trinajstić information content (AvgIpc) is 2.76. The first-order valence-corrected chi connectivity index (χ1v) is 6.27. The summed E-state index contributed by atoms with van der Waals surface area (Å²) in [5.41, 5.74) is 7.38. The molecule has 0 saturated heterocycles. The molecule has 102 valence electrons. The SMILES string of the molecule is Cc1cc(C(=O)Nc2cccc(C#CCN)c2)c(C)o1. The maximum absolute atomic E-state index is 12.1. The topological polar surface area (TPSA) is 68.3 Å². The lowest BCUT2D eigenvalue weighted by Gasteiger charge is -2.04. The molecule has 0 spiro atoms. The molecule has 2 rings (SSSR count). The van der Waals surface area contributed by atoms with Gasteiger partial charge in [0.05, 0.1) is 12.1 Å². The molecule has 20 heavy (non-hydrogen) atoms. The number of amides is 1. The highest BCUT2D eigenvalue weighted by atomic mass is 16.3.